The number of para-hydroxylation sites is 1. The highest BCUT2D eigenvalue weighted by atomic mass is 32.2. The number of hydrogen-bond acceptors (Lipinski definition) is 5. The predicted molar refractivity (Wildman–Crippen MR) is 92.6 cm³/mol. The molecule has 5 nitrogen and oxygen atoms in total. The fourth-order valence-corrected chi connectivity index (χ4v) is 3.72. The van der Waals surface area contributed by atoms with Crippen LogP contribution in [0.5, 0.6) is 5.75 Å². The summed E-state index contributed by atoms with van der Waals surface area (Å²) in [5.41, 5.74) is 0.881. The highest BCUT2D eigenvalue weighted by Crippen LogP contribution is 2.33. The van der Waals surface area contributed by atoms with Crippen molar-refractivity contribution >= 4 is 28.9 Å². The number of amidine groups is 1. The van der Waals surface area contributed by atoms with Gasteiger partial charge in [0.05, 0.1) is 24.2 Å². The van der Waals surface area contributed by atoms with Gasteiger partial charge in [0, 0.05) is 18.7 Å². The number of amides is 1. The van der Waals surface area contributed by atoms with Crippen LogP contribution < -0.4 is 4.74 Å². The Morgan fingerprint density at radius 1 is 1.30 bits per heavy atom. The molecule has 0 spiro atoms. The van der Waals surface area contributed by atoms with Crippen LogP contribution in [-0.2, 0) is 9.53 Å². The molecule has 3 rings (SSSR count). The zero-order valence-electron chi connectivity index (χ0n) is 13.5. The van der Waals surface area contributed by atoms with E-state index < -0.39 is 0 Å². The van der Waals surface area contributed by atoms with E-state index in [4.69, 9.17) is 9.47 Å². The van der Waals surface area contributed by atoms with Crippen LogP contribution in [0.15, 0.2) is 34.2 Å². The summed E-state index contributed by atoms with van der Waals surface area (Å²) in [6, 6.07) is 7.63. The van der Waals surface area contributed by atoms with Crippen LogP contribution in [0, 0.1) is 0 Å². The van der Waals surface area contributed by atoms with Gasteiger partial charge in [-0.1, -0.05) is 18.2 Å². The van der Waals surface area contributed by atoms with Crippen molar-refractivity contribution in [1.29, 1.82) is 0 Å². The number of hydrogen-bond donors (Lipinski definition) is 0. The lowest BCUT2D eigenvalue weighted by Crippen LogP contribution is -2.47. The molecule has 1 saturated heterocycles. The molecule has 0 saturated carbocycles. The number of carbonyl (C=O) groups excluding carboxylic acids is 1. The summed E-state index contributed by atoms with van der Waals surface area (Å²) in [4.78, 5) is 19.2. The maximum atomic E-state index is 12.2. The molecule has 0 bridgehead atoms. The molecular formula is C17H20N2O3S. The highest BCUT2D eigenvalue weighted by Gasteiger charge is 2.31. The SMILES string of the molecule is COc1ccccc1/C=C1\SC(N2CC(C)OC(C)C2)=NC1=O. The smallest absolute Gasteiger partial charge is 0.286 e. The number of morpholine rings is 1. The van der Waals surface area contributed by atoms with Crippen LogP contribution in [0.2, 0.25) is 0 Å². The van der Waals surface area contributed by atoms with Gasteiger partial charge in [0.2, 0.25) is 0 Å². The lowest BCUT2D eigenvalue weighted by Gasteiger charge is -2.35. The predicted octanol–water partition coefficient (Wildman–Crippen LogP) is 2.77. The molecule has 2 aliphatic heterocycles. The summed E-state index contributed by atoms with van der Waals surface area (Å²) in [5, 5.41) is 0.762. The molecule has 6 heteroatoms. The second kappa shape index (κ2) is 6.76. The van der Waals surface area contributed by atoms with E-state index in [0.29, 0.717) is 4.91 Å². The van der Waals surface area contributed by atoms with E-state index in [1.807, 2.05) is 44.2 Å². The second-order valence-electron chi connectivity index (χ2n) is 5.71. The van der Waals surface area contributed by atoms with Crippen molar-refractivity contribution in [1.82, 2.24) is 4.90 Å². The van der Waals surface area contributed by atoms with Gasteiger partial charge < -0.3 is 14.4 Å². The molecule has 1 fully saturated rings. The van der Waals surface area contributed by atoms with Gasteiger partial charge in [0.25, 0.3) is 5.91 Å². The van der Waals surface area contributed by atoms with Crippen LogP contribution in [0.1, 0.15) is 19.4 Å². The summed E-state index contributed by atoms with van der Waals surface area (Å²) in [5.74, 6) is 0.554. The normalized spacial score (nSPS) is 26.6. The van der Waals surface area contributed by atoms with Crippen molar-refractivity contribution in [3.63, 3.8) is 0 Å². The summed E-state index contributed by atoms with van der Waals surface area (Å²) in [6.45, 7) is 5.59. The quantitative estimate of drug-likeness (QED) is 0.780. The van der Waals surface area contributed by atoms with Gasteiger partial charge in [-0.2, -0.15) is 4.99 Å². The lowest BCUT2D eigenvalue weighted by atomic mass is 10.2. The first-order valence-electron chi connectivity index (χ1n) is 7.63. The molecular weight excluding hydrogens is 312 g/mol. The van der Waals surface area contributed by atoms with Gasteiger partial charge in [-0.25, -0.2) is 0 Å². The molecule has 0 N–H and O–H groups in total. The van der Waals surface area contributed by atoms with Gasteiger partial charge in [-0.3, -0.25) is 4.79 Å². The van der Waals surface area contributed by atoms with Crippen molar-refractivity contribution in [3.05, 3.63) is 34.7 Å². The van der Waals surface area contributed by atoms with Crippen molar-refractivity contribution < 1.29 is 14.3 Å². The average Bonchev–Trinajstić information content (AvgIpc) is 2.88. The molecule has 1 aromatic carbocycles. The third-order valence-electron chi connectivity index (χ3n) is 3.72. The topological polar surface area (TPSA) is 51.1 Å². The summed E-state index contributed by atoms with van der Waals surface area (Å²) >= 11 is 1.42. The molecule has 2 unspecified atom stereocenters. The Kier molecular flexibility index (Phi) is 4.73. The molecule has 0 aliphatic carbocycles. The van der Waals surface area contributed by atoms with E-state index in [2.05, 4.69) is 9.89 Å². The monoisotopic (exact) mass is 332 g/mol. The first kappa shape index (κ1) is 16.1. The van der Waals surface area contributed by atoms with Gasteiger partial charge in [0.15, 0.2) is 5.17 Å². The van der Waals surface area contributed by atoms with Gasteiger partial charge in [0.1, 0.15) is 5.75 Å². The van der Waals surface area contributed by atoms with Crippen molar-refractivity contribution in [2.24, 2.45) is 4.99 Å². The number of rotatable bonds is 2. The highest BCUT2D eigenvalue weighted by molar-refractivity contribution is 8.18. The Balaban J connectivity index is 1.78. The van der Waals surface area contributed by atoms with E-state index in [0.717, 1.165) is 29.6 Å². The van der Waals surface area contributed by atoms with Crippen molar-refractivity contribution in [3.8, 4) is 5.75 Å². The second-order valence-corrected chi connectivity index (χ2v) is 6.72. The number of benzene rings is 1. The summed E-state index contributed by atoms with van der Waals surface area (Å²) < 4.78 is 11.1. The Bertz CT molecular complexity index is 662. The Labute approximate surface area is 140 Å². The average molecular weight is 332 g/mol. The third kappa shape index (κ3) is 3.59. The van der Waals surface area contributed by atoms with Gasteiger partial charge >= 0.3 is 0 Å². The fourth-order valence-electron chi connectivity index (χ4n) is 2.79. The minimum absolute atomic E-state index is 0.138. The van der Waals surface area contributed by atoms with E-state index >= 15 is 0 Å². The van der Waals surface area contributed by atoms with Crippen molar-refractivity contribution in [2.75, 3.05) is 20.2 Å². The van der Waals surface area contributed by atoms with Crippen LogP contribution in [0.4, 0.5) is 0 Å². The van der Waals surface area contributed by atoms with Crippen LogP contribution >= 0.6 is 11.8 Å². The maximum Gasteiger partial charge on any atom is 0.286 e. The molecule has 1 amide bonds. The zero-order chi connectivity index (χ0) is 16.4. The molecule has 2 aliphatic rings. The Morgan fingerprint density at radius 3 is 2.70 bits per heavy atom. The lowest BCUT2D eigenvalue weighted by molar-refractivity contribution is -0.113. The third-order valence-corrected chi connectivity index (χ3v) is 4.77. The standard InChI is InChI=1S/C17H20N2O3S/c1-11-9-19(10-12(2)22-11)17-18-16(20)15(23-17)8-13-6-4-5-7-14(13)21-3/h4-8,11-12H,9-10H2,1-3H3/b15-8-. The van der Waals surface area contributed by atoms with Crippen LogP contribution in [0.3, 0.4) is 0 Å². The maximum absolute atomic E-state index is 12.2. The minimum atomic E-state index is -0.192. The first-order chi connectivity index (χ1) is 11.1. The number of aliphatic imine (C=N–C) groups is 1. The molecule has 0 aromatic heterocycles. The van der Waals surface area contributed by atoms with Crippen molar-refractivity contribution in [2.45, 2.75) is 26.1 Å². The molecule has 2 atom stereocenters. The van der Waals surface area contributed by atoms with E-state index in [1.54, 1.807) is 7.11 Å². The largest absolute Gasteiger partial charge is 0.496 e. The summed E-state index contributed by atoms with van der Waals surface area (Å²) in [6.07, 6.45) is 2.12. The number of methoxy groups -OCH3 is 1. The molecule has 23 heavy (non-hydrogen) atoms. The zero-order valence-corrected chi connectivity index (χ0v) is 14.3. The number of ether oxygens (including phenoxy) is 2. The number of carbonyl (C=O) groups is 1. The van der Waals surface area contributed by atoms with Gasteiger partial charge in [-0.05, 0) is 37.8 Å². The molecule has 122 valence electrons. The van der Waals surface area contributed by atoms with Gasteiger partial charge in [-0.15, -0.1) is 0 Å². The first-order valence-corrected chi connectivity index (χ1v) is 8.44. The fraction of sp³-hybridized carbons (Fsp3) is 0.412. The Hall–Kier alpha value is -1.79. The molecule has 1 aromatic rings. The van der Waals surface area contributed by atoms with Crippen LogP contribution in [0.25, 0.3) is 6.08 Å². The molecule has 0 radical (unpaired) electrons. The number of nitrogens with zero attached hydrogens (tertiary/aromatic N) is 2. The van der Waals surface area contributed by atoms with E-state index in [9.17, 15) is 4.79 Å². The van der Waals surface area contributed by atoms with E-state index in [1.165, 1.54) is 11.8 Å². The summed E-state index contributed by atoms with van der Waals surface area (Å²) in [7, 11) is 1.62. The van der Waals surface area contributed by atoms with Crippen LogP contribution in [-0.4, -0.2) is 48.4 Å². The minimum Gasteiger partial charge on any atom is -0.496 e. The Morgan fingerprint density at radius 2 is 2.00 bits per heavy atom. The number of thioether (sulfide) groups is 1. The van der Waals surface area contributed by atoms with E-state index in [-0.39, 0.29) is 18.1 Å². The molecule has 2 heterocycles.